The van der Waals surface area contributed by atoms with Gasteiger partial charge in [0.05, 0.1) is 0 Å². The lowest BCUT2D eigenvalue weighted by Gasteiger charge is -2.20. The minimum Gasteiger partial charge on any atom is -0.299 e. The van der Waals surface area contributed by atoms with Crippen molar-refractivity contribution in [2.75, 3.05) is 0 Å². The Morgan fingerprint density at radius 1 is 0.686 bits per heavy atom. The summed E-state index contributed by atoms with van der Waals surface area (Å²) in [4.78, 5) is 22.4. The maximum absolute atomic E-state index is 11.9. The first-order valence-corrected chi connectivity index (χ1v) is 13.6. The number of hydrogen-bond acceptors (Lipinski definition) is 2. The van der Waals surface area contributed by atoms with E-state index in [4.69, 9.17) is 0 Å². The van der Waals surface area contributed by atoms with E-state index >= 15 is 0 Å². The van der Waals surface area contributed by atoms with Crippen molar-refractivity contribution in [3.63, 3.8) is 0 Å². The Hall–Kier alpha value is -1.74. The second-order valence-electron chi connectivity index (χ2n) is 11.9. The maximum atomic E-state index is 11.9. The van der Waals surface area contributed by atoms with Crippen LogP contribution in [0.4, 0.5) is 0 Å². The molecule has 0 heterocycles. The summed E-state index contributed by atoms with van der Waals surface area (Å²) < 4.78 is 1.14. The third-order valence-corrected chi connectivity index (χ3v) is 6.50. The highest BCUT2D eigenvalue weighted by atomic mass is 79.9. The van der Waals surface area contributed by atoms with Gasteiger partial charge in [0.25, 0.3) is 0 Å². The highest BCUT2D eigenvalue weighted by Gasteiger charge is 2.19. The van der Waals surface area contributed by atoms with E-state index in [1.807, 2.05) is 41.5 Å². The average Bonchev–Trinajstić information content (AvgIpc) is 2.77. The predicted octanol–water partition coefficient (Wildman–Crippen LogP) is 9.68. The number of carbonyl (C=O) groups is 2. The summed E-state index contributed by atoms with van der Waals surface area (Å²) in [5.74, 6) is 0.995. The van der Waals surface area contributed by atoms with E-state index in [2.05, 4.69) is 106 Å². The first-order valence-electron chi connectivity index (χ1n) is 12.8. The zero-order valence-corrected chi connectivity index (χ0v) is 25.8. The molecule has 1 atom stereocenters. The number of rotatable bonds is 5. The molecule has 0 fully saturated rings. The van der Waals surface area contributed by atoms with Crippen molar-refractivity contribution >= 4 is 27.5 Å². The minimum absolute atomic E-state index is 0.00372. The van der Waals surface area contributed by atoms with Gasteiger partial charge in [0, 0.05) is 28.6 Å². The van der Waals surface area contributed by atoms with E-state index < -0.39 is 0 Å². The van der Waals surface area contributed by atoms with Gasteiger partial charge in [-0.15, -0.1) is 0 Å². The molecular formula is C32H49BrO2. The van der Waals surface area contributed by atoms with Gasteiger partial charge >= 0.3 is 0 Å². The Labute approximate surface area is 224 Å². The SMILES string of the molecule is CC(C)(C)c1ccc(Br)cc1.CC(C)C(=O)C(C)c1ccc(C(C)(C)C)cc1.CCC(=O)C(C)C. The second kappa shape index (κ2) is 14.7. The molecule has 0 aliphatic heterocycles. The highest BCUT2D eigenvalue weighted by molar-refractivity contribution is 9.10. The third kappa shape index (κ3) is 12.7. The summed E-state index contributed by atoms with van der Waals surface area (Å²) in [5.41, 5.74) is 4.24. The van der Waals surface area contributed by atoms with Crippen LogP contribution in [0.15, 0.2) is 53.0 Å². The number of ketones is 2. The molecule has 0 aliphatic rings. The van der Waals surface area contributed by atoms with E-state index in [0.717, 1.165) is 10.0 Å². The van der Waals surface area contributed by atoms with E-state index in [1.165, 1.54) is 11.1 Å². The van der Waals surface area contributed by atoms with Gasteiger partial charge in [0.15, 0.2) is 0 Å². The zero-order chi connectivity index (χ0) is 27.6. The molecule has 0 spiro atoms. The molecule has 2 rings (SSSR count). The van der Waals surface area contributed by atoms with Crippen molar-refractivity contribution < 1.29 is 9.59 Å². The Balaban J connectivity index is 0.000000550. The molecule has 0 amide bonds. The van der Waals surface area contributed by atoms with Crippen molar-refractivity contribution in [1.29, 1.82) is 0 Å². The number of Topliss-reactive ketones (excluding diaryl/α,β-unsaturated/α-hetero) is 2. The van der Waals surface area contributed by atoms with Crippen molar-refractivity contribution in [3.05, 3.63) is 69.7 Å². The quantitative estimate of drug-likeness (QED) is 0.375. The zero-order valence-electron chi connectivity index (χ0n) is 24.3. The Bertz CT molecular complexity index is 893. The van der Waals surface area contributed by atoms with Crippen LogP contribution in [0.3, 0.4) is 0 Å². The van der Waals surface area contributed by atoms with E-state index in [0.29, 0.717) is 18.0 Å². The smallest absolute Gasteiger partial charge is 0.142 e. The van der Waals surface area contributed by atoms with E-state index in [-0.39, 0.29) is 28.6 Å². The Kier molecular flexibility index (Phi) is 14.0. The van der Waals surface area contributed by atoms with Crippen LogP contribution in [-0.4, -0.2) is 11.6 Å². The van der Waals surface area contributed by atoms with Crippen LogP contribution in [0.25, 0.3) is 0 Å². The van der Waals surface area contributed by atoms with Crippen LogP contribution in [0.1, 0.15) is 112 Å². The number of benzene rings is 2. The fourth-order valence-electron chi connectivity index (χ4n) is 3.29. The van der Waals surface area contributed by atoms with Gasteiger partial charge in [0.1, 0.15) is 11.6 Å². The fraction of sp³-hybridized carbons (Fsp3) is 0.562. The van der Waals surface area contributed by atoms with Crippen molar-refractivity contribution in [1.82, 2.24) is 0 Å². The van der Waals surface area contributed by atoms with Crippen LogP contribution in [-0.2, 0) is 20.4 Å². The molecule has 1 unspecified atom stereocenters. The lowest BCUT2D eigenvalue weighted by molar-refractivity contribution is -0.123. The molecule has 0 saturated carbocycles. The summed E-state index contributed by atoms with van der Waals surface area (Å²) in [6.07, 6.45) is 0.678. The molecule has 2 nitrogen and oxygen atoms in total. The Morgan fingerprint density at radius 3 is 1.31 bits per heavy atom. The summed E-state index contributed by atoms with van der Waals surface area (Å²) >= 11 is 3.41. The fourth-order valence-corrected chi connectivity index (χ4v) is 3.56. The highest BCUT2D eigenvalue weighted by Crippen LogP contribution is 2.26. The normalized spacial score (nSPS) is 12.3. The van der Waals surface area contributed by atoms with Crippen LogP contribution in [0.2, 0.25) is 0 Å². The van der Waals surface area contributed by atoms with Gasteiger partial charge in [-0.25, -0.2) is 0 Å². The molecule has 0 saturated heterocycles. The lowest BCUT2D eigenvalue weighted by atomic mass is 9.84. The first-order chi connectivity index (χ1) is 15.9. The van der Waals surface area contributed by atoms with Gasteiger partial charge in [-0.1, -0.05) is 135 Å². The van der Waals surface area contributed by atoms with Crippen molar-refractivity contribution in [2.45, 2.75) is 106 Å². The van der Waals surface area contributed by atoms with E-state index in [9.17, 15) is 9.59 Å². The van der Waals surface area contributed by atoms with Gasteiger partial charge in [-0.3, -0.25) is 9.59 Å². The molecule has 2 aromatic carbocycles. The molecule has 0 radical (unpaired) electrons. The number of carbonyl (C=O) groups excluding carboxylic acids is 2. The lowest BCUT2D eigenvalue weighted by Crippen LogP contribution is -2.16. The molecule has 0 bridgehead atoms. The summed E-state index contributed by atoms with van der Waals surface area (Å²) in [5, 5.41) is 0. The van der Waals surface area contributed by atoms with Gasteiger partial charge < -0.3 is 0 Å². The second-order valence-corrected chi connectivity index (χ2v) is 12.8. The molecule has 0 N–H and O–H groups in total. The predicted molar refractivity (Wildman–Crippen MR) is 156 cm³/mol. The molecule has 2 aromatic rings. The van der Waals surface area contributed by atoms with Gasteiger partial charge in [-0.2, -0.15) is 0 Å². The van der Waals surface area contributed by atoms with Crippen LogP contribution in [0.5, 0.6) is 0 Å². The molecule has 35 heavy (non-hydrogen) atoms. The summed E-state index contributed by atoms with van der Waals surface area (Å²) in [6.45, 7) is 24.9. The minimum atomic E-state index is 0.00372. The third-order valence-electron chi connectivity index (χ3n) is 5.98. The number of hydrogen-bond donors (Lipinski definition) is 0. The van der Waals surface area contributed by atoms with E-state index in [1.54, 1.807) is 0 Å². The molecular weight excluding hydrogens is 496 g/mol. The number of halogens is 1. The monoisotopic (exact) mass is 544 g/mol. The topological polar surface area (TPSA) is 34.1 Å². The molecule has 0 aliphatic carbocycles. The molecule has 0 aromatic heterocycles. The maximum Gasteiger partial charge on any atom is 0.142 e. The van der Waals surface area contributed by atoms with Crippen LogP contribution < -0.4 is 0 Å². The molecule has 3 heteroatoms. The van der Waals surface area contributed by atoms with Crippen LogP contribution in [0, 0.1) is 11.8 Å². The Morgan fingerprint density at radius 2 is 1.06 bits per heavy atom. The van der Waals surface area contributed by atoms with Crippen LogP contribution >= 0.6 is 15.9 Å². The average molecular weight is 546 g/mol. The van der Waals surface area contributed by atoms with Gasteiger partial charge in [0.2, 0.25) is 0 Å². The van der Waals surface area contributed by atoms with Gasteiger partial charge in [-0.05, 0) is 39.7 Å². The standard InChI is InChI=1S/C16H24O.C10H13Br.C6H12O/c1-11(2)15(17)12(3)13-7-9-14(10-8-13)16(4,5)6;1-10(2,3)8-4-6-9(11)7-5-8;1-4-6(7)5(2)3/h7-12H,1-6H3;4-7H,1-3H3;5H,4H2,1-3H3. The van der Waals surface area contributed by atoms with Crippen molar-refractivity contribution in [2.24, 2.45) is 11.8 Å². The molecule has 196 valence electrons. The first kappa shape index (κ1) is 33.3. The summed E-state index contributed by atoms with van der Waals surface area (Å²) in [6, 6.07) is 16.9. The van der Waals surface area contributed by atoms with Crippen molar-refractivity contribution in [3.8, 4) is 0 Å². The largest absolute Gasteiger partial charge is 0.299 e. The summed E-state index contributed by atoms with van der Waals surface area (Å²) in [7, 11) is 0.